The quantitative estimate of drug-likeness (QED) is 0.443. The Morgan fingerprint density at radius 2 is 2.08 bits per heavy atom. The van der Waals surface area contributed by atoms with Gasteiger partial charge in [-0.2, -0.15) is 0 Å². The number of hydrogen-bond donors (Lipinski definition) is 0. The molecule has 0 aromatic heterocycles. The van der Waals surface area contributed by atoms with Gasteiger partial charge < -0.3 is 4.74 Å². The Morgan fingerprint density at radius 3 is 2.73 bits per heavy atom. The molecule has 3 rings (SSSR count). The van der Waals surface area contributed by atoms with Crippen molar-refractivity contribution in [2.45, 2.75) is 20.5 Å². The number of nitrogens with zero attached hydrogens (tertiary/aromatic N) is 1. The van der Waals surface area contributed by atoms with Crippen LogP contribution in [0, 0.1) is 6.92 Å². The molecule has 0 saturated carbocycles. The summed E-state index contributed by atoms with van der Waals surface area (Å²) in [5.74, 6) is 0.739. The van der Waals surface area contributed by atoms with Crippen molar-refractivity contribution in [3.05, 3.63) is 68.5 Å². The van der Waals surface area contributed by atoms with Crippen molar-refractivity contribution in [3.63, 3.8) is 0 Å². The van der Waals surface area contributed by atoms with E-state index in [0.29, 0.717) is 22.4 Å². The number of thioether (sulfide) groups is 1. The van der Waals surface area contributed by atoms with Crippen molar-refractivity contribution in [1.29, 1.82) is 0 Å². The summed E-state index contributed by atoms with van der Waals surface area (Å²) in [4.78, 5) is 14.6. The van der Waals surface area contributed by atoms with Gasteiger partial charge in [0.15, 0.2) is 0 Å². The summed E-state index contributed by atoms with van der Waals surface area (Å²) < 4.78 is 7.37. The van der Waals surface area contributed by atoms with E-state index in [2.05, 4.69) is 35.0 Å². The zero-order valence-corrected chi connectivity index (χ0v) is 17.7. The summed E-state index contributed by atoms with van der Waals surface area (Å²) >= 11 is 10.1. The maximum absolute atomic E-state index is 12.3. The Balaban J connectivity index is 1.73. The first-order chi connectivity index (χ1) is 12.5. The predicted molar refractivity (Wildman–Crippen MR) is 115 cm³/mol. The van der Waals surface area contributed by atoms with Crippen LogP contribution in [0.3, 0.4) is 0 Å². The van der Waals surface area contributed by atoms with E-state index in [9.17, 15) is 4.79 Å². The van der Waals surface area contributed by atoms with Crippen LogP contribution in [-0.4, -0.2) is 21.7 Å². The van der Waals surface area contributed by atoms with Gasteiger partial charge in [-0.25, -0.2) is 0 Å². The zero-order chi connectivity index (χ0) is 18.7. The minimum Gasteiger partial charge on any atom is -0.488 e. The van der Waals surface area contributed by atoms with Gasteiger partial charge >= 0.3 is 0 Å². The summed E-state index contributed by atoms with van der Waals surface area (Å²) in [6, 6.07) is 14.0. The van der Waals surface area contributed by atoms with Crippen molar-refractivity contribution in [1.82, 2.24) is 4.90 Å². The van der Waals surface area contributed by atoms with E-state index in [0.717, 1.165) is 21.3 Å². The first-order valence-corrected chi connectivity index (χ1v) is 10.2. The lowest BCUT2D eigenvalue weighted by Gasteiger charge is -2.10. The molecule has 0 bridgehead atoms. The fraction of sp³-hybridized carbons (Fsp3) is 0.200. The lowest BCUT2D eigenvalue weighted by Crippen LogP contribution is -2.27. The molecule has 2 aromatic rings. The van der Waals surface area contributed by atoms with Gasteiger partial charge in [-0.3, -0.25) is 9.69 Å². The van der Waals surface area contributed by atoms with Crippen molar-refractivity contribution >= 4 is 56.2 Å². The Labute approximate surface area is 171 Å². The summed E-state index contributed by atoms with van der Waals surface area (Å²) in [6.45, 7) is 5.09. The normalized spacial score (nSPS) is 15.8. The van der Waals surface area contributed by atoms with Crippen LogP contribution in [0.2, 0.25) is 0 Å². The highest BCUT2D eigenvalue weighted by Crippen LogP contribution is 2.34. The van der Waals surface area contributed by atoms with Crippen LogP contribution in [0.4, 0.5) is 0 Å². The van der Waals surface area contributed by atoms with Gasteiger partial charge in [0.05, 0.1) is 9.38 Å². The molecule has 1 aliphatic heterocycles. The molecule has 1 heterocycles. The highest BCUT2D eigenvalue weighted by molar-refractivity contribution is 9.10. The molecule has 3 nitrogen and oxygen atoms in total. The number of carbonyl (C=O) groups is 1. The molecule has 0 aliphatic carbocycles. The van der Waals surface area contributed by atoms with Crippen LogP contribution in [0.5, 0.6) is 5.75 Å². The Kier molecular flexibility index (Phi) is 6.16. The fourth-order valence-corrected chi connectivity index (χ4v) is 4.51. The number of amides is 1. The summed E-state index contributed by atoms with van der Waals surface area (Å²) in [7, 11) is 0. The Hall–Kier alpha value is -1.63. The van der Waals surface area contributed by atoms with E-state index >= 15 is 0 Å². The average Bonchev–Trinajstić information content (AvgIpc) is 2.87. The number of thiocarbonyl (C=S) groups is 1. The van der Waals surface area contributed by atoms with Gasteiger partial charge in [0.25, 0.3) is 5.91 Å². The molecule has 6 heteroatoms. The lowest BCUT2D eigenvalue weighted by atomic mass is 10.1. The van der Waals surface area contributed by atoms with Crippen LogP contribution in [0.1, 0.15) is 23.6 Å². The van der Waals surface area contributed by atoms with Crippen LogP contribution in [0.15, 0.2) is 51.8 Å². The molecule has 26 heavy (non-hydrogen) atoms. The molecule has 1 saturated heterocycles. The lowest BCUT2D eigenvalue weighted by molar-refractivity contribution is -0.121. The van der Waals surface area contributed by atoms with Gasteiger partial charge in [0, 0.05) is 6.54 Å². The van der Waals surface area contributed by atoms with Gasteiger partial charge in [-0.15, -0.1) is 0 Å². The molecule has 1 fully saturated rings. The number of likely N-dealkylation sites (N-methyl/N-ethyl adjacent to an activating group) is 1. The Bertz CT molecular complexity index is 895. The zero-order valence-electron chi connectivity index (χ0n) is 14.5. The van der Waals surface area contributed by atoms with Gasteiger partial charge in [-0.05, 0) is 59.1 Å². The number of benzene rings is 2. The molecular formula is C20H18BrNO2S2. The van der Waals surface area contributed by atoms with E-state index < -0.39 is 0 Å². The molecule has 0 spiro atoms. The number of rotatable bonds is 5. The number of carbonyl (C=O) groups excluding carboxylic acids is 1. The van der Waals surface area contributed by atoms with Gasteiger partial charge in [0.2, 0.25) is 0 Å². The van der Waals surface area contributed by atoms with Crippen LogP contribution in [0.25, 0.3) is 6.08 Å². The van der Waals surface area contributed by atoms with Crippen molar-refractivity contribution in [2.75, 3.05) is 6.54 Å². The standard InChI is InChI=1S/C20H18BrNO2S2/c1-3-22-19(23)18(26-20(22)25)11-14-7-8-17(16(21)10-14)24-12-15-6-4-5-13(2)9-15/h4-11H,3,12H2,1-2H3/b18-11-. The minimum atomic E-state index is -0.0293. The third-order valence-corrected chi connectivity index (χ3v) is 5.92. The van der Waals surface area contributed by atoms with Crippen LogP contribution >= 0.6 is 39.9 Å². The third-order valence-electron chi connectivity index (χ3n) is 3.92. The van der Waals surface area contributed by atoms with Gasteiger partial charge in [0.1, 0.15) is 16.7 Å². The minimum absolute atomic E-state index is 0.0293. The second kappa shape index (κ2) is 8.37. The number of aryl methyl sites for hydroxylation is 1. The smallest absolute Gasteiger partial charge is 0.266 e. The maximum atomic E-state index is 12.3. The van der Waals surface area contributed by atoms with Gasteiger partial charge in [-0.1, -0.05) is 59.9 Å². The molecule has 134 valence electrons. The summed E-state index contributed by atoms with van der Waals surface area (Å²) in [5.41, 5.74) is 3.27. The summed E-state index contributed by atoms with van der Waals surface area (Å²) in [5, 5.41) is 0. The summed E-state index contributed by atoms with van der Waals surface area (Å²) in [6.07, 6.45) is 1.87. The highest BCUT2D eigenvalue weighted by Gasteiger charge is 2.30. The number of hydrogen-bond acceptors (Lipinski definition) is 4. The van der Waals surface area contributed by atoms with E-state index in [1.54, 1.807) is 4.90 Å². The average molecular weight is 448 g/mol. The molecular weight excluding hydrogens is 430 g/mol. The third kappa shape index (κ3) is 4.37. The monoisotopic (exact) mass is 447 g/mol. The number of ether oxygens (including phenoxy) is 1. The number of halogens is 1. The molecule has 1 aliphatic rings. The van der Waals surface area contributed by atoms with E-state index in [1.165, 1.54) is 17.3 Å². The maximum Gasteiger partial charge on any atom is 0.266 e. The molecule has 0 unspecified atom stereocenters. The first-order valence-electron chi connectivity index (χ1n) is 8.21. The SMILES string of the molecule is CCN1C(=O)/C(=C/c2ccc(OCc3cccc(C)c3)c(Br)c2)SC1=S. The van der Waals surface area contributed by atoms with Crippen molar-refractivity contribution in [2.24, 2.45) is 0 Å². The highest BCUT2D eigenvalue weighted by atomic mass is 79.9. The fourth-order valence-electron chi connectivity index (χ4n) is 2.61. The molecule has 0 atom stereocenters. The van der Waals surface area contributed by atoms with E-state index in [-0.39, 0.29) is 5.91 Å². The van der Waals surface area contributed by atoms with E-state index in [1.807, 2.05) is 43.3 Å². The molecule has 2 aromatic carbocycles. The molecule has 0 N–H and O–H groups in total. The second-order valence-electron chi connectivity index (χ2n) is 5.89. The van der Waals surface area contributed by atoms with Crippen LogP contribution in [-0.2, 0) is 11.4 Å². The largest absolute Gasteiger partial charge is 0.488 e. The predicted octanol–water partition coefficient (Wildman–Crippen LogP) is 5.56. The van der Waals surface area contributed by atoms with Crippen LogP contribution < -0.4 is 4.74 Å². The van der Waals surface area contributed by atoms with E-state index in [4.69, 9.17) is 17.0 Å². The Morgan fingerprint density at radius 1 is 1.27 bits per heavy atom. The first kappa shape index (κ1) is 19.1. The van der Waals surface area contributed by atoms with Crippen molar-refractivity contribution in [3.8, 4) is 5.75 Å². The second-order valence-corrected chi connectivity index (χ2v) is 8.42. The van der Waals surface area contributed by atoms with Crippen molar-refractivity contribution < 1.29 is 9.53 Å². The molecule has 0 radical (unpaired) electrons. The molecule has 1 amide bonds. The topological polar surface area (TPSA) is 29.5 Å².